The maximum Gasteiger partial charge on any atom is 0.235 e. The van der Waals surface area contributed by atoms with E-state index in [1.807, 2.05) is 66.2 Å². The summed E-state index contributed by atoms with van der Waals surface area (Å²) >= 11 is 0. The Labute approximate surface area is 154 Å². The summed E-state index contributed by atoms with van der Waals surface area (Å²) in [5.74, 6) is 1.37. The number of aryl methyl sites for hydroxylation is 1. The van der Waals surface area contributed by atoms with Crippen LogP contribution in [-0.4, -0.2) is 29.3 Å². The molecular weight excluding hydrogens is 338 g/mol. The molecule has 1 aromatic carbocycles. The lowest BCUT2D eigenvalue weighted by atomic mass is 10.2. The van der Waals surface area contributed by atoms with Gasteiger partial charge in [-0.3, -0.25) is 14.4 Å². The predicted octanol–water partition coefficient (Wildman–Crippen LogP) is 3.79. The quantitative estimate of drug-likeness (QED) is 0.531. The van der Waals surface area contributed by atoms with Crippen LogP contribution in [0.25, 0.3) is 28.2 Å². The van der Waals surface area contributed by atoms with Crippen LogP contribution in [0, 0.1) is 6.92 Å². The van der Waals surface area contributed by atoms with Gasteiger partial charge in [0.05, 0.1) is 22.9 Å². The smallest absolute Gasteiger partial charge is 0.235 e. The average molecular weight is 353 g/mol. The number of nitrogens with one attached hydrogen (secondary N) is 1. The van der Waals surface area contributed by atoms with Crippen LogP contribution >= 0.6 is 0 Å². The van der Waals surface area contributed by atoms with Crippen molar-refractivity contribution < 1.29 is 0 Å². The summed E-state index contributed by atoms with van der Waals surface area (Å²) < 4.78 is 1.86. The Morgan fingerprint density at radius 3 is 2.74 bits per heavy atom. The molecule has 1 N–H and O–H groups in total. The normalized spacial score (nSPS) is 11.1. The largest absolute Gasteiger partial charge is 0.340 e. The van der Waals surface area contributed by atoms with Crippen LogP contribution in [0.2, 0.25) is 0 Å². The molecule has 7 nitrogen and oxygen atoms in total. The first kappa shape index (κ1) is 15.4. The number of imidazole rings is 1. The number of hydrogen-bond donors (Lipinski definition) is 1. The number of hydrogen-bond acceptors (Lipinski definition) is 6. The van der Waals surface area contributed by atoms with Crippen LogP contribution in [0.3, 0.4) is 0 Å². The molecule has 0 spiro atoms. The zero-order chi connectivity index (χ0) is 18.2. The fourth-order valence-electron chi connectivity index (χ4n) is 2.92. The van der Waals surface area contributed by atoms with Gasteiger partial charge in [-0.15, -0.1) is 0 Å². The SMILES string of the molecule is Cc1cccc(-c2cnc3cc(Nc4ccn5ccnc5n4)ccc3n2)n1. The van der Waals surface area contributed by atoms with Crippen molar-refractivity contribution in [2.24, 2.45) is 0 Å². The lowest BCUT2D eigenvalue weighted by molar-refractivity contribution is 1.11. The zero-order valence-electron chi connectivity index (χ0n) is 14.5. The van der Waals surface area contributed by atoms with Crippen LogP contribution in [0.5, 0.6) is 0 Å². The number of pyridine rings is 1. The van der Waals surface area contributed by atoms with Gasteiger partial charge in [0, 0.05) is 30.0 Å². The Bertz CT molecular complexity index is 1280. The minimum atomic E-state index is 0.649. The molecule has 5 aromatic rings. The Balaban J connectivity index is 1.47. The van der Waals surface area contributed by atoms with E-state index in [-0.39, 0.29) is 0 Å². The van der Waals surface area contributed by atoms with Crippen molar-refractivity contribution in [1.29, 1.82) is 0 Å². The van der Waals surface area contributed by atoms with Crippen LogP contribution in [-0.2, 0) is 0 Å². The van der Waals surface area contributed by atoms with E-state index in [4.69, 9.17) is 0 Å². The van der Waals surface area contributed by atoms with E-state index in [2.05, 4.69) is 30.2 Å². The van der Waals surface area contributed by atoms with E-state index in [1.165, 1.54) is 0 Å². The maximum absolute atomic E-state index is 4.69. The second-order valence-electron chi connectivity index (χ2n) is 6.20. The molecule has 4 aromatic heterocycles. The predicted molar refractivity (Wildman–Crippen MR) is 104 cm³/mol. The van der Waals surface area contributed by atoms with E-state index in [0.29, 0.717) is 5.78 Å². The fraction of sp³-hybridized carbons (Fsp3) is 0.0500. The van der Waals surface area contributed by atoms with Crippen LogP contribution < -0.4 is 5.32 Å². The highest BCUT2D eigenvalue weighted by Crippen LogP contribution is 2.22. The third kappa shape index (κ3) is 2.95. The molecule has 130 valence electrons. The number of anilines is 2. The van der Waals surface area contributed by atoms with Gasteiger partial charge < -0.3 is 5.32 Å². The van der Waals surface area contributed by atoms with Crippen molar-refractivity contribution in [3.05, 3.63) is 72.9 Å². The Kier molecular flexibility index (Phi) is 3.50. The molecule has 7 heteroatoms. The van der Waals surface area contributed by atoms with E-state index in [1.54, 1.807) is 12.4 Å². The topological polar surface area (TPSA) is 80.9 Å². The Morgan fingerprint density at radius 1 is 0.852 bits per heavy atom. The van der Waals surface area contributed by atoms with E-state index >= 15 is 0 Å². The molecule has 4 heterocycles. The summed E-state index contributed by atoms with van der Waals surface area (Å²) in [5, 5.41) is 3.29. The van der Waals surface area contributed by atoms with Gasteiger partial charge in [-0.1, -0.05) is 6.07 Å². The highest BCUT2D eigenvalue weighted by Gasteiger charge is 2.06. The molecule has 0 aliphatic rings. The van der Waals surface area contributed by atoms with Gasteiger partial charge in [-0.2, -0.15) is 4.98 Å². The van der Waals surface area contributed by atoms with E-state index < -0.39 is 0 Å². The minimum absolute atomic E-state index is 0.649. The van der Waals surface area contributed by atoms with Crippen molar-refractivity contribution in [3.8, 4) is 11.4 Å². The molecule has 0 saturated heterocycles. The van der Waals surface area contributed by atoms with Crippen molar-refractivity contribution >= 4 is 28.3 Å². The Morgan fingerprint density at radius 2 is 1.81 bits per heavy atom. The second-order valence-corrected chi connectivity index (χ2v) is 6.20. The maximum atomic E-state index is 4.69. The number of fused-ring (bicyclic) bond motifs is 2. The van der Waals surface area contributed by atoms with Crippen molar-refractivity contribution in [1.82, 2.24) is 29.3 Å². The van der Waals surface area contributed by atoms with Crippen molar-refractivity contribution in [2.75, 3.05) is 5.32 Å². The molecule has 0 aliphatic heterocycles. The molecule has 0 atom stereocenters. The van der Waals surface area contributed by atoms with Gasteiger partial charge in [0.1, 0.15) is 11.5 Å². The third-order valence-corrected chi connectivity index (χ3v) is 4.23. The molecule has 0 bridgehead atoms. The highest BCUT2D eigenvalue weighted by atomic mass is 15.1. The highest BCUT2D eigenvalue weighted by molar-refractivity contribution is 5.81. The average Bonchev–Trinajstić information content (AvgIpc) is 3.15. The molecule has 0 radical (unpaired) electrons. The first-order chi connectivity index (χ1) is 13.2. The molecular formula is C20H15N7. The number of nitrogens with zero attached hydrogens (tertiary/aromatic N) is 6. The van der Waals surface area contributed by atoms with Gasteiger partial charge in [0.2, 0.25) is 5.78 Å². The summed E-state index contributed by atoms with van der Waals surface area (Å²) in [7, 11) is 0. The molecule has 0 unspecified atom stereocenters. The number of benzene rings is 1. The standard InChI is InChI=1S/C20H15N7/c1-13-3-2-4-15(23-13)18-12-22-17-11-14(5-6-16(17)25-18)24-19-7-9-27-10-8-21-20(27)26-19/h2-12H,1H3,(H,21,24,26). The van der Waals surface area contributed by atoms with Crippen LogP contribution in [0.1, 0.15) is 5.69 Å². The van der Waals surface area contributed by atoms with E-state index in [0.717, 1.165) is 39.6 Å². The van der Waals surface area contributed by atoms with Gasteiger partial charge in [-0.25, -0.2) is 9.97 Å². The molecule has 0 saturated carbocycles. The van der Waals surface area contributed by atoms with Crippen LogP contribution in [0.15, 0.2) is 67.3 Å². The van der Waals surface area contributed by atoms with Gasteiger partial charge in [0.15, 0.2) is 0 Å². The van der Waals surface area contributed by atoms with E-state index in [9.17, 15) is 0 Å². The van der Waals surface area contributed by atoms with Gasteiger partial charge in [0.25, 0.3) is 0 Å². The lowest BCUT2D eigenvalue weighted by Gasteiger charge is -2.07. The van der Waals surface area contributed by atoms with Gasteiger partial charge >= 0.3 is 0 Å². The minimum Gasteiger partial charge on any atom is -0.340 e. The third-order valence-electron chi connectivity index (χ3n) is 4.23. The fourth-order valence-corrected chi connectivity index (χ4v) is 2.92. The summed E-state index contributed by atoms with van der Waals surface area (Å²) in [6, 6.07) is 13.6. The number of aromatic nitrogens is 6. The van der Waals surface area contributed by atoms with Crippen LogP contribution in [0.4, 0.5) is 11.5 Å². The Hall–Kier alpha value is -3.87. The molecule has 27 heavy (non-hydrogen) atoms. The summed E-state index contributed by atoms with van der Waals surface area (Å²) in [6.07, 6.45) is 7.25. The summed E-state index contributed by atoms with van der Waals surface area (Å²) in [4.78, 5) is 22.4. The first-order valence-electron chi connectivity index (χ1n) is 8.52. The molecule has 0 fully saturated rings. The zero-order valence-corrected chi connectivity index (χ0v) is 14.5. The first-order valence-corrected chi connectivity index (χ1v) is 8.52. The van der Waals surface area contributed by atoms with Crippen molar-refractivity contribution in [3.63, 3.8) is 0 Å². The summed E-state index contributed by atoms with van der Waals surface area (Å²) in [6.45, 7) is 1.96. The van der Waals surface area contributed by atoms with Gasteiger partial charge in [-0.05, 0) is 43.3 Å². The summed E-state index contributed by atoms with van der Waals surface area (Å²) in [5.41, 5.74) is 5.05. The molecule has 0 aliphatic carbocycles. The molecule has 0 amide bonds. The monoisotopic (exact) mass is 353 g/mol. The van der Waals surface area contributed by atoms with Crippen molar-refractivity contribution in [2.45, 2.75) is 6.92 Å². The number of rotatable bonds is 3. The lowest BCUT2D eigenvalue weighted by Crippen LogP contribution is -1.97. The molecule has 5 rings (SSSR count). The second kappa shape index (κ2) is 6.14.